The van der Waals surface area contributed by atoms with Crippen molar-refractivity contribution in [2.75, 3.05) is 7.11 Å². The Morgan fingerprint density at radius 1 is 1.69 bits per heavy atom. The monoisotopic (exact) mass is 181 g/mol. The lowest BCUT2D eigenvalue weighted by Crippen LogP contribution is -2.04. The van der Waals surface area contributed by atoms with Crippen LogP contribution in [0.1, 0.15) is 13.0 Å². The van der Waals surface area contributed by atoms with Gasteiger partial charge in [-0.3, -0.25) is 0 Å². The summed E-state index contributed by atoms with van der Waals surface area (Å²) in [5.74, 6) is -0.369. The summed E-state index contributed by atoms with van der Waals surface area (Å²) in [6.45, 7) is 1.90. The van der Waals surface area contributed by atoms with E-state index in [1.165, 1.54) is 13.2 Å². The van der Waals surface area contributed by atoms with Crippen LogP contribution in [0.4, 0.5) is 0 Å². The smallest absolute Gasteiger partial charge is 0.330 e. The fourth-order valence-electron chi connectivity index (χ4n) is 0.809. The Bertz CT molecular complexity index is 292. The van der Waals surface area contributed by atoms with E-state index in [0.717, 1.165) is 0 Å². The fourth-order valence-corrected chi connectivity index (χ4v) is 0.809. The van der Waals surface area contributed by atoms with Crippen molar-refractivity contribution in [3.63, 3.8) is 0 Å². The first-order chi connectivity index (χ1) is 6.24. The highest BCUT2D eigenvalue weighted by atomic mass is 16.5. The molecule has 0 fully saturated rings. The molecule has 0 aliphatic heterocycles. The molecule has 13 heavy (non-hydrogen) atoms. The van der Waals surface area contributed by atoms with Crippen molar-refractivity contribution in [2.45, 2.75) is 13.0 Å². The number of carbonyl (C=O) groups excluding carboxylic acids is 1. The normalized spacial score (nSPS) is 13.1. The molecular formula is C8H11N3O2. The number of carbonyl (C=O) groups is 1. The van der Waals surface area contributed by atoms with Crippen LogP contribution < -0.4 is 0 Å². The van der Waals surface area contributed by atoms with Crippen LogP contribution in [0.15, 0.2) is 24.5 Å². The molecule has 0 spiro atoms. The van der Waals surface area contributed by atoms with E-state index in [1.54, 1.807) is 23.2 Å². The number of ether oxygens (including phenoxy) is 1. The van der Waals surface area contributed by atoms with Crippen LogP contribution in [0, 0.1) is 0 Å². The highest BCUT2D eigenvalue weighted by molar-refractivity contribution is 5.81. The Kier molecular flexibility index (Phi) is 3.19. The molecule has 0 aliphatic rings. The molecule has 1 rings (SSSR count). The van der Waals surface area contributed by atoms with Crippen LogP contribution in [0.3, 0.4) is 0 Å². The lowest BCUT2D eigenvalue weighted by molar-refractivity contribution is -0.134. The van der Waals surface area contributed by atoms with Gasteiger partial charge in [0.25, 0.3) is 0 Å². The Morgan fingerprint density at radius 2 is 2.46 bits per heavy atom. The van der Waals surface area contributed by atoms with Gasteiger partial charge in [0, 0.05) is 12.3 Å². The molecule has 0 aliphatic carbocycles. The number of hydrogen-bond acceptors (Lipinski definition) is 4. The van der Waals surface area contributed by atoms with E-state index < -0.39 is 0 Å². The van der Waals surface area contributed by atoms with E-state index in [4.69, 9.17) is 0 Å². The minimum atomic E-state index is -0.369. The third-order valence-electron chi connectivity index (χ3n) is 1.57. The zero-order valence-corrected chi connectivity index (χ0v) is 7.54. The standard InChI is InChI=1S/C8H11N3O2/c1-7(3-4-8(12)13-2)11-6-5-9-10-11/h3-7H,1-2H3/b4-3-. The predicted molar refractivity (Wildman–Crippen MR) is 45.9 cm³/mol. The van der Waals surface area contributed by atoms with Gasteiger partial charge in [-0.05, 0) is 6.92 Å². The van der Waals surface area contributed by atoms with Gasteiger partial charge < -0.3 is 4.74 Å². The summed E-state index contributed by atoms with van der Waals surface area (Å²) >= 11 is 0. The SMILES string of the molecule is COC(=O)/C=C\C(C)n1ccnn1. The second-order valence-electron chi connectivity index (χ2n) is 2.51. The molecule has 1 atom stereocenters. The predicted octanol–water partition coefficient (Wildman–Crippen LogP) is 0.568. The molecule has 0 radical (unpaired) electrons. The summed E-state index contributed by atoms with van der Waals surface area (Å²) in [6.07, 6.45) is 6.38. The molecule has 1 aromatic rings. The number of rotatable bonds is 3. The lowest BCUT2D eigenvalue weighted by Gasteiger charge is -2.03. The molecule has 0 saturated heterocycles. The number of allylic oxidation sites excluding steroid dienone is 1. The molecular weight excluding hydrogens is 170 g/mol. The van der Waals surface area contributed by atoms with Crippen LogP contribution in [0.2, 0.25) is 0 Å². The van der Waals surface area contributed by atoms with Gasteiger partial charge in [0.2, 0.25) is 0 Å². The molecule has 1 aromatic heterocycles. The third-order valence-corrected chi connectivity index (χ3v) is 1.57. The highest BCUT2D eigenvalue weighted by Gasteiger charge is 2.00. The molecule has 5 heteroatoms. The lowest BCUT2D eigenvalue weighted by atomic mass is 10.3. The molecule has 5 nitrogen and oxygen atoms in total. The summed E-state index contributed by atoms with van der Waals surface area (Å²) in [5.41, 5.74) is 0. The maximum Gasteiger partial charge on any atom is 0.330 e. The van der Waals surface area contributed by atoms with Gasteiger partial charge in [-0.25, -0.2) is 9.48 Å². The van der Waals surface area contributed by atoms with Crippen molar-refractivity contribution >= 4 is 5.97 Å². The summed E-state index contributed by atoms with van der Waals surface area (Å²) < 4.78 is 6.09. The summed E-state index contributed by atoms with van der Waals surface area (Å²) in [4.78, 5) is 10.7. The maximum atomic E-state index is 10.7. The Morgan fingerprint density at radius 3 is 3.00 bits per heavy atom. The van der Waals surface area contributed by atoms with E-state index in [0.29, 0.717) is 0 Å². The average molecular weight is 181 g/mol. The molecule has 0 N–H and O–H groups in total. The van der Waals surface area contributed by atoms with Gasteiger partial charge in [0.1, 0.15) is 0 Å². The molecule has 0 bridgehead atoms. The summed E-state index contributed by atoms with van der Waals surface area (Å²) in [7, 11) is 1.34. The van der Waals surface area contributed by atoms with Crippen molar-refractivity contribution in [2.24, 2.45) is 0 Å². The van der Waals surface area contributed by atoms with Gasteiger partial charge >= 0.3 is 5.97 Å². The van der Waals surface area contributed by atoms with Gasteiger partial charge in [-0.1, -0.05) is 11.3 Å². The Hall–Kier alpha value is -1.65. The molecule has 1 heterocycles. The minimum absolute atomic E-state index is 0.00148. The zero-order chi connectivity index (χ0) is 9.68. The molecule has 0 saturated carbocycles. The number of esters is 1. The highest BCUT2D eigenvalue weighted by Crippen LogP contribution is 2.03. The van der Waals surface area contributed by atoms with Crippen LogP contribution in [-0.4, -0.2) is 28.1 Å². The second kappa shape index (κ2) is 4.39. The minimum Gasteiger partial charge on any atom is -0.466 e. The largest absolute Gasteiger partial charge is 0.466 e. The van der Waals surface area contributed by atoms with Crippen LogP contribution >= 0.6 is 0 Å². The van der Waals surface area contributed by atoms with Gasteiger partial charge in [-0.2, -0.15) is 0 Å². The van der Waals surface area contributed by atoms with E-state index in [2.05, 4.69) is 15.0 Å². The van der Waals surface area contributed by atoms with Gasteiger partial charge in [-0.15, -0.1) is 5.10 Å². The first-order valence-electron chi connectivity index (χ1n) is 3.86. The third kappa shape index (κ3) is 2.70. The van der Waals surface area contributed by atoms with Crippen molar-refractivity contribution < 1.29 is 9.53 Å². The van der Waals surface area contributed by atoms with Crippen LogP contribution in [0.5, 0.6) is 0 Å². The molecule has 1 unspecified atom stereocenters. The summed E-state index contributed by atoms with van der Waals surface area (Å²) in [6, 6.07) is 0.00148. The first kappa shape index (κ1) is 9.44. The van der Waals surface area contributed by atoms with E-state index >= 15 is 0 Å². The number of nitrogens with zero attached hydrogens (tertiary/aromatic N) is 3. The van der Waals surface area contributed by atoms with Crippen molar-refractivity contribution in [3.05, 3.63) is 24.5 Å². The molecule has 70 valence electrons. The average Bonchev–Trinajstić information content (AvgIpc) is 2.66. The van der Waals surface area contributed by atoms with E-state index in [-0.39, 0.29) is 12.0 Å². The number of methoxy groups -OCH3 is 1. The van der Waals surface area contributed by atoms with Gasteiger partial charge in [0.05, 0.1) is 19.3 Å². The van der Waals surface area contributed by atoms with Crippen molar-refractivity contribution in [1.82, 2.24) is 15.0 Å². The Labute approximate surface area is 76.0 Å². The van der Waals surface area contributed by atoms with Crippen molar-refractivity contribution in [1.29, 1.82) is 0 Å². The van der Waals surface area contributed by atoms with Crippen LogP contribution in [0.25, 0.3) is 0 Å². The molecule has 0 aromatic carbocycles. The van der Waals surface area contributed by atoms with Crippen LogP contribution in [-0.2, 0) is 9.53 Å². The number of aromatic nitrogens is 3. The molecule has 0 amide bonds. The maximum absolute atomic E-state index is 10.7. The van der Waals surface area contributed by atoms with E-state index in [1.807, 2.05) is 6.92 Å². The van der Waals surface area contributed by atoms with Gasteiger partial charge in [0.15, 0.2) is 0 Å². The zero-order valence-electron chi connectivity index (χ0n) is 7.54. The first-order valence-corrected chi connectivity index (χ1v) is 3.86. The fraction of sp³-hybridized carbons (Fsp3) is 0.375. The van der Waals surface area contributed by atoms with E-state index in [9.17, 15) is 4.79 Å². The van der Waals surface area contributed by atoms with Crippen molar-refractivity contribution in [3.8, 4) is 0 Å². The topological polar surface area (TPSA) is 57.0 Å². The summed E-state index contributed by atoms with van der Waals surface area (Å²) in [5, 5.41) is 7.44. The quantitative estimate of drug-likeness (QED) is 0.505. The second-order valence-corrected chi connectivity index (χ2v) is 2.51. The number of hydrogen-bond donors (Lipinski definition) is 0. The Balaban J connectivity index is 2.55.